The first-order valence-electron chi connectivity index (χ1n) is 25.7. The van der Waals surface area contributed by atoms with Crippen LogP contribution in [-0.4, -0.2) is 180 Å². The van der Waals surface area contributed by atoms with E-state index in [1.165, 1.54) is 90.1 Å². The number of aliphatic carboxylic acids is 3. The fourth-order valence-corrected chi connectivity index (χ4v) is 11.2. The summed E-state index contributed by atoms with van der Waals surface area (Å²) in [6, 6.07) is 12.5. The highest BCUT2D eigenvalue weighted by Gasteiger charge is 2.79. The molecule has 2 saturated carbocycles. The summed E-state index contributed by atoms with van der Waals surface area (Å²) in [6.07, 6.45) is -26.2. The van der Waals surface area contributed by atoms with Crippen LogP contribution in [0.5, 0.6) is 0 Å². The Morgan fingerprint density at radius 1 is 0.744 bits per heavy atom. The Kier molecular flexibility index (Phi) is 18.8. The SMILES string of the molecule is CC(=O)O[C@@]12CO[C@@H]1C[C@H](OC(=O)CC(O)C(=O)O)[C@@]1(C)C(=O)[C@H](OC(=O)CC(O)C(=O)O)C3=C(C)[C@@H](OC(=O)[C@H](OC(=O)CC(O)C(=O)O)[C@@H](NC(=O)OC(C)(C)C)c4ccccc4)C[C@@](O)([C@@H](OC(=O)c4ccccc4)[C@H]21)C3(C)C. The zero-order valence-electron chi connectivity index (χ0n) is 45.8. The molecule has 3 fully saturated rings. The molecule has 446 valence electrons. The van der Waals surface area contributed by atoms with Gasteiger partial charge in [0.2, 0.25) is 6.10 Å². The number of carbonyl (C=O) groups excluding carboxylic acids is 8. The zero-order chi connectivity index (χ0) is 61.2. The number of esters is 6. The van der Waals surface area contributed by atoms with Crippen molar-refractivity contribution in [2.24, 2.45) is 16.7 Å². The number of amides is 1. The van der Waals surface area contributed by atoms with Crippen LogP contribution in [0.2, 0.25) is 0 Å². The van der Waals surface area contributed by atoms with Gasteiger partial charge in [-0.05, 0) is 63.5 Å². The second kappa shape index (κ2) is 24.3. The van der Waals surface area contributed by atoms with E-state index in [9.17, 15) is 78.9 Å². The van der Waals surface area contributed by atoms with Crippen LogP contribution in [0.3, 0.4) is 0 Å². The van der Waals surface area contributed by atoms with E-state index in [1.54, 1.807) is 12.1 Å². The molecule has 3 unspecified atom stereocenters. The normalized spacial score (nSPS) is 28.1. The molecule has 14 atom stereocenters. The predicted octanol–water partition coefficient (Wildman–Crippen LogP) is 1.42. The van der Waals surface area contributed by atoms with Gasteiger partial charge in [-0.2, -0.15) is 0 Å². The molecule has 0 spiro atoms. The number of carboxylic acid groups (broad SMARTS) is 3. The van der Waals surface area contributed by atoms with Gasteiger partial charge >= 0.3 is 59.8 Å². The lowest BCUT2D eigenvalue weighted by atomic mass is 9.44. The molecule has 4 aliphatic rings. The number of benzene rings is 2. The number of carboxylic acids is 3. The largest absolute Gasteiger partial charge is 0.479 e. The minimum Gasteiger partial charge on any atom is -0.479 e. The first-order chi connectivity index (χ1) is 38.1. The maximum atomic E-state index is 16.4. The van der Waals surface area contributed by atoms with E-state index in [4.69, 9.17) is 37.9 Å². The predicted molar refractivity (Wildman–Crippen MR) is 270 cm³/mol. The Hall–Kier alpha value is -7.85. The zero-order valence-corrected chi connectivity index (χ0v) is 45.8. The molecule has 1 aliphatic heterocycles. The number of aliphatic hydroxyl groups is 4. The highest BCUT2D eigenvalue weighted by atomic mass is 16.6. The van der Waals surface area contributed by atoms with E-state index in [0.29, 0.717) is 0 Å². The lowest BCUT2D eigenvalue weighted by Gasteiger charge is -2.67. The van der Waals surface area contributed by atoms with Gasteiger partial charge in [0.25, 0.3) is 0 Å². The molecule has 2 aromatic rings. The van der Waals surface area contributed by atoms with Crippen molar-refractivity contribution < 1.29 is 126 Å². The van der Waals surface area contributed by atoms with Crippen molar-refractivity contribution in [1.29, 1.82) is 0 Å². The van der Waals surface area contributed by atoms with Crippen molar-refractivity contribution in [2.45, 2.75) is 165 Å². The highest BCUT2D eigenvalue weighted by molar-refractivity contribution is 5.96. The minimum atomic E-state index is -2.88. The second-order valence-electron chi connectivity index (χ2n) is 22.1. The topological polar surface area (TPSA) is 415 Å². The first-order valence-corrected chi connectivity index (χ1v) is 25.7. The maximum Gasteiger partial charge on any atom is 0.408 e. The number of hydrogen-bond acceptors (Lipinski definition) is 23. The summed E-state index contributed by atoms with van der Waals surface area (Å²) in [5.74, 6) is -17.4. The van der Waals surface area contributed by atoms with E-state index in [1.807, 2.05) is 0 Å². The standard InChI is InChI=1S/C55H65NO26/c1-25-32(76-49(72)41(79-37(63)21-31(60)47(69)70)39(27-15-11-9-12-16-27)56-50(73)82-51(3,4)5)23-55(74)44(80-48(71)28-17-13-10-14-18-28)42-53(8,43(64)40(38(25)52(55,6)7)78-36(62)20-30(59)46(67)68)33(77-35(61)19-29(58)45(65)66)22-34-54(42,24-75-34)81-26(2)57/h9-18,29-34,39-42,44,58-60,74H,19-24H2,1-8H3,(H,56,73)(H,65,66)(H,67,68)(H,69,70)/t29?,30?,31?,32-,33-,34+,39-,40+,41+,42-,44-,53+,54-,55+/m0/s1. The molecule has 1 heterocycles. The summed E-state index contributed by atoms with van der Waals surface area (Å²) in [5.41, 5.74) is -11.8. The average Bonchev–Trinajstić information content (AvgIpc) is 1.47. The molecule has 2 aromatic carbocycles. The number of carbonyl (C=O) groups is 11. The smallest absolute Gasteiger partial charge is 0.408 e. The van der Waals surface area contributed by atoms with Gasteiger partial charge < -0.3 is 79.0 Å². The molecule has 1 amide bonds. The molecule has 0 radical (unpaired) electrons. The van der Waals surface area contributed by atoms with Gasteiger partial charge in [0, 0.05) is 25.2 Å². The molecule has 3 aliphatic carbocycles. The van der Waals surface area contributed by atoms with E-state index >= 15 is 9.59 Å². The Bertz CT molecular complexity index is 2880. The molecule has 1 saturated heterocycles. The monoisotopic (exact) mass is 1160 g/mol. The third-order valence-corrected chi connectivity index (χ3v) is 15.2. The van der Waals surface area contributed by atoms with Crippen molar-refractivity contribution in [3.63, 3.8) is 0 Å². The summed E-state index contributed by atoms with van der Waals surface area (Å²) in [5, 5.41) is 76.0. The molecule has 0 aromatic heterocycles. The summed E-state index contributed by atoms with van der Waals surface area (Å²) in [7, 11) is 0. The van der Waals surface area contributed by atoms with Gasteiger partial charge in [0.1, 0.15) is 41.7 Å². The highest BCUT2D eigenvalue weighted by Crippen LogP contribution is 2.65. The number of aliphatic hydroxyl groups excluding tert-OH is 3. The van der Waals surface area contributed by atoms with Gasteiger partial charge in [0.15, 0.2) is 35.8 Å². The average molecular weight is 1160 g/mol. The van der Waals surface area contributed by atoms with Crippen LogP contribution in [0.25, 0.3) is 0 Å². The van der Waals surface area contributed by atoms with Crippen LogP contribution in [0.15, 0.2) is 71.8 Å². The molecule has 82 heavy (non-hydrogen) atoms. The summed E-state index contributed by atoms with van der Waals surface area (Å²) in [4.78, 5) is 150. The Morgan fingerprint density at radius 2 is 1.27 bits per heavy atom. The summed E-state index contributed by atoms with van der Waals surface area (Å²) < 4.78 is 47.5. The van der Waals surface area contributed by atoms with E-state index in [-0.39, 0.29) is 16.7 Å². The van der Waals surface area contributed by atoms with Crippen LogP contribution in [0.4, 0.5) is 4.79 Å². The fourth-order valence-electron chi connectivity index (χ4n) is 11.2. The van der Waals surface area contributed by atoms with Crippen molar-refractivity contribution in [3.8, 4) is 0 Å². The molecule has 27 nitrogen and oxygen atoms in total. The molecular weight excluding hydrogens is 1090 g/mol. The van der Waals surface area contributed by atoms with Gasteiger partial charge in [-0.25, -0.2) is 28.8 Å². The number of alkyl carbamates (subject to hydrolysis) is 1. The first kappa shape index (κ1) is 63.3. The lowest BCUT2D eigenvalue weighted by Crippen LogP contribution is -2.82. The Morgan fingerprint density at radius 3 is 1.77 bits per heavy atom. The number of rotatable bonds is 20. The van der Waals surface area contributed by atoms with E-state index < -0.39 is 204 Å². The number of fused-ring (bicyclic) bond motifs is 5. The molecule has 27 heteroatoms. The van der Waals surface area contributed by atoms with Crippen LogP contribution in [-0.2, 0) is 81.0 Å². The number of ketones is 1. The van der Waals surface area contributed by atoms with E-state index in [0.717, 1.165) is 13.8 Å². The number of ether oxygens (including phenoxy) is 8. The lowest BCUT2D eigenvalue weighted by molar-refractivity contribution is -0.346. The molecule has 8 N–H and O–H groups in total. The van der Waals surface area contributed by atoms with Gasteiger partial charge in [-0.15, -0.1) is 0 Å². The van der Waals surface area contributed by atoms with Gasteiger partial charge in [0.05, 0.1) is 42.8 Å². The van der Waals surface area contributed by atoms with Crippen LogP contribution in [0, 0.1) is 16.7 Å². The fraction of sp³-hybridized carbons (Fsp3) is 0.545. The number of hydrogen-bond donors (Lipinski definition) is 8. The van der Waals surface area contributed by atoms with Crippen LogP contribution >= 0.6 is 0 Å². The molecular formula is C55H65NO26. The van der Waals surface area contributed by atoms with E-state index in [2.05, 4.69) is 5.32 Å². The third-order valence-electron chi connectivity index (χ3n) is 15.2. The Balaban J connectivity index is 1.66. The van der Waals surface area contributed by atoms with Crippen molar-refractivity contribution in [3.05, 3.63) is 82.9 Å². The molecule has 2 bridgehead atoms. The van der Waals surface area contributed by atoms with Crippen molar-refractivity contribution in [2.75, 3.05) is 6.61 Å². The number of Topliss-reactive ketones (excluding diaryl/α,β-unsaturated/α-hetero) is 1. The molecule has 6 rings (SSSR count). The number of nitrogens with one attached hydrogen (secondary N) is 1. The van der Waals surface area contributed by atoms with Crippen molar-refractivity contribution >= 4 is 65.6 Å². The minimum absolute atomic E-state index is 0.0388. The summed E-state index contributed by atoms with van der Waals surface area (Å²) in [6.45, 7) is 9.81. The van der Waals surface area contributed by atoms with Crippen LogP contribution in [0.1, 0.15) is 109 Å². The van der Waals surface area contributed by atoms with Crippen molar-refractivity contribution in [1.82, 2.24) is 5.32 Å². The van der Waals surface area contributed by atoms with Crippen LogP contribution < -0.4 is 5.32 Å². The summed E-state index contributed by atoms with van der Waals surface area (Å²) >= 11 is 0. The maximum absolute atomic E-state index is 16.4. The second-order valence-corrected chi connectivity index (χ2v) is 22.1. The van der Waals surface area contributed by atoms with Gasteiger partial charge in [-0.1, -0.05) is 62.4 Å². The Labute approximate surface area is 467 Å². The van der Waals surface area contributed by atoms with Gasteiger partial charge in [-0.3, -0.25) is 24.0 Å². The quantitative estimate of drug-likeness (QED) is 0.0528. The third kappa shape index (κ3) is 12.9.